The maximum atomic E-state index is 13.0. The van der Waals surface area contributed by atoms with Crippen LogP contribution in [0.1, 0.15) is 37.9 Å². The second kappa shape index (κ2) is 7.53. The van der Waals surface area contributed by atoms with Gasteiger partial charge in [-0.2, -0.15) is 0 Å². The number of pyridine rings is 1. The number of aromatic nitrogens is 1. The van der Waals surface area contributed by atoms with Crippen LogP contribution in [0.5, 0.6) is 5.75 Å². The van der Waals surface area contributed by atoms with Crippen molar-refractivity contribution in [1.82, 2.24) is 9.88 Å². The number of aryl methyl sites for hydroxylation is 1. The molecule has 1 aromatic heterocycles. The topological polar surface area (TPSA) is 25.4 Å². The number of methoxy groups -OCH3 is 1. The fraction of sp³-hybridized carbons (Fsp3) is 0.667. The lowest BCUT2D eigenvalue weighted by atomic mass is 10.1. The Bertz CT molecular complexity index is 414. The van der Waals surface area contributed by atoms with E-state index in [0.29, 0.717) is 19.6 Å². The number of likely N-dealkylation sites (tertiary alicyclic amines) is 1. The third-order valence-electron chi connectivity index (χ3n) is 3.31. The predicted molar refractivity (Wildman–Crippen MR) is 76.3 cm³/mol. The number of rotatable bonds is 3. The zero-order valence-electron chi connectivity index (χ0n) is 12.7. The van der Waals surface area contributed by atoms with Crippen molar-refractivity contribution < 1.29 is 13.5 Å². The molecule has 0 amide bonds. The fourth-order valence-electron chi connectivity index (χ4n) is 2.14. The van der Waals surface area contributed by atoms with E-state index >= 15 is 0 Å². The molecule has 5 heteroatoms. The van der Waals surface area contributed by atoms with Crippen molar-refractivity contribution in [2.75, 3.05) is 20.2 Å². The summed E-state index contributed by atoms with van der Waals surface area (Å²) in [5.74, 6) is -1.74. The van der Waals surface area contributed by atoms with E-state index in [1.165, 1.54) is 0 Å². The maximum absolute atomic E-state index is 13.0. The third-order valence-corrected chi connectivity index (χ3v) is 3.31. The van der Waals surface area contributed by atoms with Crippen LogP contribution >= 0.6 is 0 Å². The van der Waals surface area contributed by atoms with E-state index in [1.807, 2.05) is 31.7 Å². The average molecular weight is 286 g/mol. The molecule has 1 aromatic rings. The van der Waals surface area contributed by atoms with Gasteiger partial charge in [0, 0.05) is 38.7 Å². The number of nitrogens with zero attached hydrogens (tertiary/aromatic N) is 2. The lowest BCUT2D eigenvalue weighted by molar-refractivity contribution is -0.0566. The van der Waals surface area contributed by atoms with Crippen molar-refractivity contribution in [1.29, 1.82) is 0 Å². The zero-order chi connectivity index (χ0) is 15.2. The Morgan fingerprint density at radius 1 is 1.30 bits per heavy atom. The molecule has 3 nitrogen and oxygen atoms in total. The Kier molecular flexibility index (Phi) is 6.33. The summed E-state index contributed by atoms with van der Waals surface area (Å²) in [4.78, 5) is 6.28. The maximum Gasteiger partial charge on any atom is 0.250 e. The highest BCUT2D eigenvalue weighted by Gasteiger charge is 2.33. The van der Waals surface area contributed by atoms with E-state index in [-0.39, 0.29) is 12.8 Å². The minimum absolute atomic E-state index is 0.0522. The van der Waals surface area contributed by atoms with Gasteiger partial charge in [-0.25, -0.2) is 8.78 Å². The molecule has 0 saturated carbocycles. The first kappa shape index (κ1) is 16.8. The molecule has 0 bridgehead atoms. The molecular weight excluding hydrogens is 262 g/mol. The van der Waals surface area contributed by atoms with Gasteiger partial charge in [-0.3, -0.25) is 9.88 Å². The SMILES string of the molecule is CC.COc1cc(CN2CCC(F)(F)CC2)cnc1C. The van der Waals surface area contributed by atoms with Gasteiger partial charge in [-0.05, 0) is 18.6 Å². The van der Waals surface area contributed by atoms with Crippen molar-refractivity contribution in [3.05, 3.63) is 23.5 Å². The first-order valence-electron chi connectivity index (χ1n) is 7.10. The van der Waals surface area contributed by atoms with Crippen molar-refractivity contribution >= 4 is 0 Å². The van der Waals surface area contributed by atoms with Crippen LogP contribution in [-0.2, 0) is 6.54 Å². The minimum atomic E-state index is -2.49. The van der Waals surface area contributed by atoms with Gasteiger partial charge in [0.05, 0.1) is 12.8 Å². The summed E-state index contributed by atoms with van der Waals surface area (Å²) < 4.78 is 31.3. The molecule has 20 heavy (non-hydrogen) atoms. The molecule has 1 aliphatic heterocycles. The van der Waals surface area contributed by atoms with Gasteiger partial charge in [0.15, 0.2) is 0 Å². The molecule has 0 N–H and O–H groups in total. The number of halogens is 2. The Labute approximate surface area is 120 Å². The third kappa shape index (κ3) is 4.71. The number of hydrogen-bond donors (Lipinski definition) is 0. The molecule has 0 spiro atoms. The first-order valence-corrected chi connectivity index (χ1v) is 7.10. The first-order chi connectivity index (χ1) is 9.50. The van der Waals surface area contributed by atoms with Crippen molar-refractivity contribution in [2.45, 2.75) is 46.1 Å². The van der Waals surface area contributed by atoms with Crippen LogP contribution in [-0.4, -0.2) is 36.0 Å². The van der Waals surface area contributed by atoms with E-state index in [1.54, 1.807) is 13.3 Å². The van der Waals surface area contributed by atoms with Crippen LogP contribution in [0.2, 0.25) is 0 Å². The standard InChI is InChI=1S/C13H18F2N2O.C2H6/c1-10-12(18-2)7-11(8-16-10)9-17-5-3-13(14,15)4-6-17;1-2/h7-8H,3-6,9H2,1-2H3;1-2H3. The van der Waals surface area contributed by atoms with Gasteiger partial charge >= 0.3 is 0 Å². The Balaban J connectivity index is 0.000000956. The Morgan fingerprint density at radius 3 is 2.45 bits per heavy atom. The van der Waals surface area contributed by atoms with Gasteiger partial charge in [0.25, 0.3) is 5.92 Å². The number of piperidine rings is 1. The molecule has 114 valence electrons. The Morgan fingerprint density at radius 2 is 1.90 bits per heavy atom. The summed E-state index contributed by atoms with van der Waals surface area (Å²) in [6.07, 6.45) is 1.68. The van der Waals surface area contributed by atoms with Gasteiger partial charge in [-0.15, -0.1) is 0 Å². The molecule has 1 aliphatic rings. The smallest absolute Gasteiger partial charge is 0.250 e. The van der Waals surface area contributed by atoms with Crippen molar-refractivity contribution in [3.8, 4) is 5.75 Å². The lowest BCUT2D eigenvalue weighted by Crippen LogP contribution is -2.38. The summed E-state index contributed by atoms with van der Waals surface area (Å²) in [5.41, 5.74) is 1.84. The molecular formula is C15H24F2N2O. The van der Waals surface area contributed by atoms with Gasteiger partial charge in [-0.1, -0.05) is 13.8 Å². The van der Waals surface area contributed by atoms with Crippen LogP contribution in [0.25, 0.3) is 0 Å². The van der Waals surface area contributed by atoms with Crippen LogP contribution in [0.4, 0.5) is 8.78 Å². The van der Waals surface area contributed by atoms with Gasteiger partial charge < -0.3 is 4.74 Å². The van der Waals surface area contributed by atoms with E-state index in [2.05, 4.69) is 4.98 Å². The molecule has 2 rings (SSSR count). The quantitative estimate of drug-likeness (QED) is 0.848. The van der Waals surface area contributed by atoms with E-state index in [9.17, 15) is 8.78 Å². The summed E-state index contributed by atoms with van der Waals surface area (Å²) in [7, 11) is 1.61. The highest BCUT2D eigenvalue weighted by atomic mass is 19.3. The van der Waals surface area contributed by atoms with Crippen LogP contribution in [0, 0.1) is 6.92 Å². The largest absolute Gasteiger partial charge is 0.495 e. The minimum Gasteiger partial charge on any atom is -0.495 e. The van der Waals surface area contributed by atoms with E-state index in [0.717, 1.165) is 17.0 Å². The summed E-state index contributed by atoms with van der Waals surface area (Å²) in [6.45, 7) is 7.40. The van der Waals surface area contributed by atoms with Gasteiger partial charge in [0.2, 0.25) is 0 Å². The molecule has 1 saturated heterocycles. The normalized spacial score (nSPS) is 18.1. The van der Waals surface area contributed by atoms with Crippen LogP contribution < -0.4 is 4.74 Å². The van der Waals surface area contributed by atoms with E-state index in [4.69, 9.17) is 4.74 Å². The zero-order valence-corrected chi connectivity index (χ0v) is 12.7. The molecule has 0 unspecified atom stereocenters. The summed E-state index contributed by atoms with van der Waals surface area (Å²) in [6, 6.07) is 1.93. The molecule has 0 radical (unpaired) electrons. The van der Waals surface area contributed by atoms with Gasteiger partial charge in [0.1, 0.15) is 5.75 Å². The van der Waals surface area contributed by atoms with Crippen LogP contribution in [0.15, 0.2) is 12.3 Å². The van der Waals surface area contributed by atoms with Crippen molar-refractivity contribution in [2.24, 2.45) is 0 Å². The number of alkyl halides is 2. The summed E-state index contributed by atoms with van der Waals surface area (Å²) in [5, 5.41) is 0. The highest BCUT2D eigenvalue weighted by molar-refractivity contribution is 5.30. The predicted octanol–water partition coefficient (Wildman–Crippen LogP) is 3.66. The van der Waals surface area contributed by atoms with Crippen molar-refractivity contribution in [3.63, 3.8) is 0 Å². The summed E-state index contributed by atoms with van der Waals surface area (Å²) >= 11 is 0. The molecule has 1 fully saturated rings. The number of ether oxygens (including phenoxy) is 1. The second-order valence-corrected chi connectivity index (χ2v) is 4.76. The Hall–Kier alpha value is -1.23. The number of hydrogen-bond acceptors (Lipinski definition) is 3. The lowest BCUT2D eigenvalue weighted by Gasteiger charge is -2.31. The monoisotopic (exact) mass is 286 g/mol. The molecule has 0 aliphatic carbocycles. The average Bonchev–Trinajstić information content (AvgIpc) is 2.45. The second-order valence-electron chi connectivity index (χ2n) is 4.76. The van der Waals surface area contributed by atoms with E-state index < -0.39 is 5.92 Å². The van der Waals surface area contributed by atoms with Crippen LogP contribution in [0.3, 0.4) is 0 Å². The highest BCUT2D eigenvalue weighted by Crippen LogP contribution is 2.28. The fourth-order valence-corrected chi connectivity index (χ4v) is 2.14. The molecule has 0 atom stereocenters. The molecule has 2 heterocycles. The molecule has 0 aromatic carbocycles.